The van der Waals surface area contributed by atoms with E-state index >= 15 is 0 Å². The molecule has 1 N–H and O–H groups in total. The summed E-state index contributed by atoms with van der Waals surface area (Å²) in [6, 6.07) is 4.39. The van der Waals surface area contributed by atoms with E-state index in [0.29, 0.717) is 5.75 Å². The van der Waals surface area contributed by atoms with E-state index < -0.39 is 0 Å². The predicted molar refractivity (Wildman–Crippen MR) is 48.4 cm³/mol. The molecular weight excluding hydrogens is 171 g/mol. The summed E-state index contributed by atoms with van der Waals surface area (Å²) in [6.07, 6.45) is 0.721. The summed E-state index contributed by atoms with van der Waals surface area (Å²) in [4.78, 5) is 0. The minimum atomic E-state index is -0.256. The minimum absolute atomic E-state index is 0.0273. The highest BCUT2D eigenvalue weighted by molar-refractivity contribution is 5.33. The summed E-state index contributed by atoms with van der Waals surface area (Å²) in [6.45, 7) is 2.15. The molecule has 0 atom stereocenters. The molecule has 0 unspecified atom stereocenters. The molecule has 0 radical (unpaired) electrons. The van der Waals surface area contributed by atoms with Gasteiger partial charge in [-0.15, -0.1) is 0 Å². The van der Waals surface area contributed by atoms with Gasteiger partial charge in [-0.2, -0.15) is 0 Å². The van der Waals surface area contributed by atoms with E-state index in [-0.39, 0.29) is 19.0 Å². The SMILES string of the molecule is CCc1cc(F)ccc1OCCO. The van der Waals surface area contributed by atoms with Gasteiger partial charge in [0.05, 0.1) is 6.61 Å². The van der Waals surface area contributed by atoms with Crippen LogP contribution in [0.2, 0.25) is 0 Å². The molecule has 1 aromatic carbocycles. The Morgan fingerprint density at radius 3 is 2.85 bits per heavy atom. The average molecular weight is 184 g/mol. The van der Waals surface area contributed by atoms with Gasteiger partial charge < -0.3 is 9.84 Å². The molecule has 0 aliphatic rings. The second-order valence-electron chi connectivity index (χ2n) is 2.68. The maximum atomic E-state index is 12.8. The molecule has 3 heteroatoms. The molecule has 0 aliphatic carbocycles. The van der Waals surface area contributed by atoms with Crippen LogP contribution < -0.4 is 4.74 Å². The number of ether oxygens (including phenoxy) is 1. The molecule has 0 spiro atoms. The van der Waals surface area contributed by atoms with Crippen LogP contribution in [0.3, 0.4) is 0 Å². The first kappa shape index (κ1) is 9.99. The lowest BCUT2D eigenvalue weighted by atomic mass is 10.1. The quantitative estimate of drug-likeness (QED) is 0.772. The van der Waals surface area contributed by atoms with Crippen molar-refractivity contribution >= 4 is 0 Å². The van der Waals surface area contributed by atoms with Crippen molar-refractivity contribution in [3.8, 4) is 5.75 Å². The molecule has 0 aliphatic heterocycles. The second-order valence-corrected chi connectivity index (χ2v) is 2.68. The zero-order valence-corrected chi connectivity index (χ0v) is 7.59. The number of halogens is 1. The first-order chi connectivity index (χ1) is 6.27. The van der Waals surface area contributed by atoms with Gasteiger partial charge in [0, 0.05) is 0 Å². The van der Waals surface area contributed by atoms with Crippen LogP contribution in [0.1, 0.15) is 12.5 Å². The van der Waals surface area contributed by atoms with E-state index in [4.69, 9.17) is 9.84 Å². The standard InChI is InChI=1S/C10H13FO2/c1-2-8-7-9(11)3-4-10(8)13-6-5-12/h3-4,7,12H,2,5-6H2,1H3. The fourth-order valence-electron chi connectivity index (χ4n) is 1.12. The third-order valence-electron chi connectivity index (χ3n) is 1.75. The summed E-state index contributed by atoms with van der Waals surface area (Å²) < 4.78 is 18.0. The minimum Gasteiger partial charge on any atom is -0.491 e. The molecule has 2 nitrogen and oxygen atoms in total. The largest absolute Gasteiger partial charge is 0.491 e. The maximum Gasteiger partial charge on any atom is 0.123 e. The van der Waals surface area contributed by atoms with E-state index in [2.05, 4.69) is 0 Å². The molecule has 13 heavy (non-hydrogen) atoms. The molecule has 0 amide bonds. The van der Waals surface area contributed by atoms with Gasteiger partial charge in [-0.25, -0.2) is 4.39 Å². The van der Waals surface area contributed by atoms with Crippen LogP contribution in [0.5, 0.6) is 5.75 Å². The molecule has 1 aromatic rings. The summed E-state index contributed by atoms with van der Waals surface area (Å²) in [7, 11) is 0. The molecule has 0 saturated carbocycles. The Hall–Kier alpha value is -1.09. The number of hydrogen-bond acceptors (Lipinski definition) is 2. The first-order valence-corrected chi connectivity index (χ1v) is 4.30. The normalized spacial score (nSPS) is 10.1. The number of benzene rings is 1. The van der Waals surface area contributed by atoms with Crippen LogP contribution in [-0.2, 0) is 6.42 Å². The number of aryl methyl sites for hydroxylation is 1. The van der Waals surface area contributed by atoms with Gasteiger partial charge in [-0.05, 0) is 30.2 Å². The zero-order chi connectivity index (χ0) is 9.68. The summed E-state index contributed by atoms with van der Waals surface area (Å²) >= 11 is 0. The van der Waals surface area contributed by atoms with Crippen molar-refractivity contribution in [2.24, 2.45) is 0 Å². The van der Waals surface area contributed by atoms with Crippen LogP contribution in [0.25, 0.3) is 0 Å². The van der Waals surface area contributed by atoms with Crippen LogP contribution in [-0.4, -0.2) is 18.3 Å². The molecule has 1 rings (SSSR count). The summed E-state index contributed by atoms with van der Waals surface area (Å²) in [5.74, 6) is 0.395. The predicted octanol–water partition coefficient (Wildman–Crippen LogP) is 1.76. The molecule has 0 bridgehead atoms. The van der Waals surface area contributed by atoms with Crippen LogP contribution in [0, 0.1) is 5.82 Å². The van der Waals surface area contributed by atoms with Crippen molar-refractivity contribution in [2.45, 2.75) is 13.3 Å². The molecule has 72 valence electrons. The van der Waals surface area contributed by atoms with Crippen molar-refractivity contribution in [3.05, 3.63) is 29.6 Å². The molecule has 0 fully saturated rings. The van der Waals surface area contributed by atoms with Gasteiger partial charge in [0.1, 0.15) is 18.2 Å². The van der Waals surface area contributed by atoms with Gasteiger partial charge >= 0.3 is 0 Å². The number of hydrogen-bond donors (Lipinski definition) is 1. The maximum absolute atomic E-state index is 12.8. The van der Waals surface area contributed by atoms with Gasteiger partial charge in [-0.3, -0.25) is 0 Å². The highest BCUT2D eigenvalue weighted by atomic mass is 19.1. The Labute approximate surface area is 77.0 Å². The Morgan fingerprint density at radius 2 is 2.23 bits per heavy atom. The number of rotatable bonds is 4. The Morgan fingerprint density at radius 1 is 1.46 bits per heavy atom. The summed E-state index contributed by atoms with van der Waals surface area (Å²) in [5.41, 5.74) is 0.827. The Balaban J connectivity index is 2.79. The summed E-state index contributed by atoms with van der Waals surface area (Å²) in [5, 5.41) is 8.55. The highest BCUT2D eigenvalue weighted by Crippen LogP contribution is 2.19. The molecule has 0 aromatic heterocycles. The van der Waals surface area contributed by atoms with Gasteiger partial charge in [0.25, 0.3) is 0 Å². The van der Waals surface area contributed by atoms with Crippen LogP contribution in [0.15, 0.2) is 18.2 Å². The lowest BCUT2D eigenvalue weighted by Crippen LogP contribution is -2.03. The lowest BCUT2D eigenvalue weighted by Gasteiger charge is -2.08. The van der Waals surface area contributed by atoms with Crippen molar-refractivity contribution in [1.29, 1.82) is 0 Å². The fraction of sp³-hybridized carbons (Fsp3) is 0.400. The molecule has 0 heterocycles. The monoisotopic (exact) mass is 184 g/mol. The van der Waals surface area contributed by atoms with Crippen LogP contribution >= 0.6 is 0 Å². The fourth-order valence-corrected chi connectivity index (χ4v) is 1.12. The van der Waals surface area contributed by atoms with Crippen LogP contribution in [0.4, 0.5) is 4.39 Å². The van der Waals surface area contributed by atoms with Crippen molar-refractivity contribution in [2.75, 3.05) is 13.2 Å². The number of aliphatic hydroxyl groups excluding tert-OH is 1. The van der Waals surface area contributed by atoms with E-state index in [9.17, 15) is 4.39 Å². The average Bonchev–Trinajstić information content (AvgIpc) is 2.16. The molecule has 0 saturated heterocycles. The van der Waals surface area contributed by atoms with E-state index in [1.807, 2.05) is 6.92 Å². The van der Waals surface area contributed by atoms with E-state index in [0.717, 1.165) is 12.0 Å². The van der Waals surface area contributed by atoms with Gasteiger partial charge in [0.15, 0.2) is 0 Å². The smallest absolute Gasteiger partial charge is 0.123 e. The lowest BCUT2D eigenvalue weighted by molar-refractivity contribution is 0.200. The second kappa shape index (κ2) is 4.82. The number of aliphatic hydroxyl groups is 1. The topological polar surface area (TPSA) is 29.5 Å². The first-order valence-electron chi connectivity index (χ1n) is 4.30. The zero-order valence-electron chi connectivity index (χ0n) is 7.59. The van der Waals surface area contributed by atoms with E-state index in [1.165, 1.54) is 12.1 Å². The third-order valence-corrected chi connectivity index (χ3v) is 1.75. The van der Waals surface area contributed by atoms with E-state index in [1.54, 1.807) is 6.07 Å². The van der Waals surface area contributed by atoms with Gasteiger partial charge in [-0.1, -0.05) is 6.92 Å². The Kier molecular flexibility index (Phi) is 3.71. The third kappa shape index (κ3) is 2.70. The van der Waals surface area contributed by atoms with Crippen molar-refractivity contribution in [1.82, 2.24) is 0 Å². The van der Waals surface area contributed by atoms with Crippen molar-refractivity contribution < 1.29 is 14.2 Å². The Bertz CT molecular complexity index is 274. The highest BCUT2D eigenvalue weighted by Gasteiger charge is 2.02. The van der Waals surface area contributed by atoms with Crippen molar-refractivity contribution in [3.63, 3.8) is 0 Å². The molecular formula is C10H13FO2. The van der Waals surface area contributed by atoms with Gasteiger partial charge in [0.2, 0.25) is 0 Å².